The van der Waals surface area contributed by atoms with Crippen molar-refractivity contribution in [3.63, 3.8) is 0 Å². The smallest absolute Gasteiger partial charge is 0.341 e. The van der Waals surface area contributed by atoms with E-state index in [1.54, 1.807) is 0 Å². The third-order valence-corrected chi connectivity index (χ3v) is 1.12. The summed E-state index contributed by atoms with van der Waals surface area (Å²) in [5, 5.41) is 9.17. The van der Waals surface area contributed by atoms with E-state index in [0.717, 1.165) is 6.20 Å². The lowest BCUT2D eigenvalue weighted by molar-refractivity contribution is -0.389. The van der Waals surface area contributed by atoms with Crippen molar-refractivity contribution in [1.29, 1.82) is 0 Å². The third kappa shape index (κ3) is 1.53. The molecule has 0 aliphatic rings. The van der Waals surface area contributed by atoms with Gasteiger partial charge in [0.25, 0.3) is 5.82 Å². The van der Waals surface area contributed by atoms with E-state index >= 15 is 0 Å². The minimum atomic E-state index is -0.849. The predicted molar refractivity (Wildman–Crippen MR) is 35.4 cm³/mol. The molecule has 0 spiro atoms. The molecule has 1 N–H and O–H groups in total. The fourth-order valence-corrected chi connectivity index (χ4v) is 0.600. The maximum absolute atomic E-state index is 10.3. The van der Waals surface area contributed by atoms with Gasteiger partial charge in [0.05, 0.1) is 0 Å². The number of carbonyl (C=O) groups is 1. The molecule has 6 nitrogen and oxygen atoms in total. The molecule has 0 radical (unpaired) electrons. The highest BCUT2D eigenvalue weighted by Gasteiger charge is 2.14. The van der Waals surface area contributed by atoms with Crippen LogP contribution in [0.25, 0.3) is 0 Å². The van der Waals surface area contributed by atoms with Crippen molar-refractivity contribution in [2.75, 3.05) is 0 Å². The average molecular weight is 176 g/mol. The number of H-pyrrole nitrogens is 1. The van der Waals surface area contributed by atoms with Crippen LogP contribution < -0.4 is 0 Å². The summed E-state index contributed by atoms with van der Waals surface area (Å²) in [5.41, 5.74) is 0. The van der Waals surface area contributed by atoms with Crippen LogP contribution in [0.3, 0.4) is 0 Å². The number of imidazole rings is 1. The molecule has 7 heteroatoms. The van der Waals surface area contributed by atoms with Crippen molar-refractivity contribution >= 4 is 22.7 Å². The van der Waals surface area contributed by atoms with Gasteiger partial charge in [-0.25, -0.2) is 9.97 Å². The molecule has 0 saturated carbocycles. The highest BCUT2D eigenvalue weighted by atomic mass is 35.5. The number of nitrogens with zero attached hydrogens (tertiary/aromatic N) is 2. The Morgan fingerprint density at radius 2 is 2.45 bits per heavy atom. The Labute approximate surface area is 65.3 Å². The van der Waals surface area contributed by atoms with E-state index in [0.29, 0.717) is 0 Å². The Morgan fingerprint density at radius 1 is 1.82 bits per heavy atom. The third-order valence-electron chi connectivity index (χ3n) is 0.945. The number of hydrogen-bond acceptors (Lipinski definition) is 4. The van der Waals surface area contributed by atoms with Crippen LogP contribution in [-0.4, -0.2) is 20.1 Å². The molecule has 0 amide bonds. The number of rotatable bonds is 2. The van der Waals surface area contributed by atoms with E-state index in [1.807, 2.05) is 0 Å². The van der Waals surface area contributed by atoms with Crippen molar-refractivity contribution in [3.05, 3.63) is 22.1 Å². The summed E-state index contributed by atoms with van der Waals surface area (Å²) in [5.74, 6) is -0.577. The lowest BCUT2D eigenvalue weighted by Crippen LogP contribution is -1.92. The molecule has 0 aliphatic carbocycles. The summed E-state index contributed by atoms with van der Waals surface area (Å²) in [6, 6.07) is 0. The largest absolute Gasteiger partial charge is 0.358 e. The van der Waals surface area contributed by atoms with Gasteiger partial charge < -0.3 is 10.1 Å². The van der Waals surface area contributed by atoms with Crippen molar-refractivity contribution in [2.45, 2.75) is 0 Å². The molecule has 0 unspecified atom stereocenters. The maximum Gasteiger partial charge on any atom is 0.341 e. The Morgan fingerprint density at radius 3 is 2.73 bits per heavy atom. The number of carbonyl (C=O) groups excluding carboxylic acids is 1. The van der Waals surface area contributed by atoms with Crippen molar-refractivity contribution in [2.24, 2.45) is 0 Å². The topological polar surface area (TPSA) is 88.9 Å². The SMILES string of the molecule is O=C(Cl)c1ncc([N+](=O)[O-])[nH]1. The molecule has 11 heavy (non-hydrogen) atoms. The zero-order chi connectivity index (χ0) is 8.43. The van der Waals surface area contributed by atoms with Crippen LogP contribution in [0, 0.1) is 10.1 Å². The van der Waals surface area contributed by atoms with Gasteiger partial charge in [-0.15, -0.1) is 0 Å². The van der Waals surface area contributed by atoms with E-state index in [-0.39, 0.29) is 11.6 Å². The standard InChI is InChI=1S/C4H2ClN3O3/c5-3(9)4-6-1-2(7-4)8(10)11/h1H,(H,6,7). The van der Waals surface area contributed by atoms with Gasteiger partial charge in [0.1, 0.15) is 6.20 Å². The molecular weight excluding hydrogens is 174 g/mol. The van der Waals surface area contributed by atoms with E-state index in [9.17, 15) is 14.9 Å². The monoisotopic (exact) mass is 175 g/mol. The minimum Gasteiger partial charge on any atom is -0.358 e. The van der Waals surface area contributed by atoms with Crippen LogP contribution in [0.1, 0.15) is 10.6 Å². The molecule has 0 aliphatic heterocycles. The first-order valence-electron chi connectivity index (χ1n) is 2.50. The molecule has 1 aromatic heterocycles. The second-order valence-corrected chi connectivity index (χ2v) is 1.99. The van der Waals surface area contributed by atoms with Gasteiger partial charge in [-0.05, 0) is 16.5 Å². The first kappa shape index (κ1) is 7.67. The van der Waals surface area contributed by atoms with Crippen LogP contribution in [0.4, 0.5) is 5.82 Å². The Kier molecular flexibility index (Phi) is 1.86. The molecule has 0 atom stereocenters. The highest BCUT2D eigenvalue weighted by Crippen LogP contribution is 2.07. The van der Waals surface area contributed by atoms with E-state index < -0.39 is 10.2 Å². The van der Waals surface area contributed by atoms with E-state index in [1.165, 1.54) is 0 Å². The molecule has 0 bridgehead atoms. The summed E-state index contributed by atoms with van der Waals surface area (Å²) in [6.07, 6.45) is 0.926. The summed E-state index contributed by atoms with van der Waals surface area (Å²) in [7, 11) is 0. The van der Waals surface area contributed by atoms with Gasteiger partial charge in [-0.2, -0.15) is 0 Å². The fraction of sp³-hybridized carbons (Fsp3) is 0. The van der Waals surface area contributed by atoms with Crippen LogP contribution in [-0.2, 0) is 0 Å². The van der Waals surface area contributed by atoms with Crippen LogP contribution in [0.15, 0.2) is 6.20 Å². The van der Waals surface area contributed by atoms with Gasteiger partial charge in [0, 0.05) is 0 Å². The number of nitro groups is 1. The zero-order valence-electron chi connectivity index (χ0n) is 5.07. The molecule has 0 aromatic carbocycles. The molecule has 1 aromatic rings. The summed E-state index contributed by atoms with van der Waals surface area (Å²) in [6.45, 7) is 0. The highest BCUT2D eigenvalue weighted by molar-refractivity contribution is 6.67. The predicted octanol–water partition coefficient (Wildman–Crippen LogP) is 0.697. The number of aromatic amines is 1. The van der Waals surface area contributed by atoms with Crippen molar-refractivity contribution < 1.29 is 9.72 Å². The number of aromatic nitrogens is 2. The van der Waals surface area contributed by atoms with E-state index in [2.05, 4.69) is 9.97 Å². The Bertz CT molecular complexity index is 279. The molecular formula is C4H2ClN3O3. The van der Waals surface area contributed by atoms with Gasteiger partial charge in [-0.1, -0.05) is 0 Å². The van der Waals surface area contributed by atoms with Gasteiger partial charge in [0.2, 0.25) is 0 Å². The van der Waals surface area contributed by atoms with Crippen molar-refractivity contribution in [1.82, 2.24) is 9.97 Å². The van der Waals surface area contributed by atoms with Crippen LogP contribution in [0.2, 0.25) is 0 Å². The molecule has 1 rings (SSSR count). The molecule has 58 valence electrons. The summed E-state index contributed by atoms with van der Waals surface area (Å²) >= 11 is 4.97. The average Bonchev–Trinajstić information content (AvgIpc) is 2.33. The summed E-state index contributed by atoms with van der Waals surface area (Å²) < 4.78 is 0. The zero-order valence-corrected chi connectivity index (χ0v) is 5.83. The second-order valence-electron chi connectivity index (χ2n) is 1.65. The first-order valence-corrected chi connectivity index (χ1v) is 2.88. The lowest BCUT2D eigenvalue weighted by atomic mass is 10.7. The summed E-state index contributed by atoms with van der Waals surface area (Å²) in [4.78, 5) is 25.1. The number of halogens is 1. The normalized spacial score (nSPS) is 9.55. The van der Waals surface area contributed by atoms with Gasteiger partial charge in [0.15, 0.2) is 0 Å². The Balaban J connectivity index is 2.99. The number of hydrogen-bond donors (Lipinski definition) is 1. The van der Waals surface area contributed by atoms with E-state index in [4.69, 9.17) is 11.6 Å². The lowest BCUT2D eigenvalue weighted by Gasteiger charge is -1.84. The second kappa shape index (κ2) is 2.67. The van der Waals surface area contributed by atoms with Gasteiger partial charge in [-0.3, -0.25) is 4.79 Å². The minimum absolute atomic E-state index is 0.224. The number of nitrogens with one attached hydrogen (secondary N) is 1. The van der Waals surface area contributed by atoms with Crippen LogP contribution >= 0.6 is 11.6 Å². The van der Waals surface area contributed by atoms with Crippen LogP contribution in [0.5, 0.6) is 0 Å². The maximum atomic E-state index is 10.3. The first-order chi connectivity index (χ1) is 5.11. The van der Waals surface area contributed by atoms with Gasteiger partial charge >= 0.3 is 11.1 Å². The molecule has 1 heterocycles. The molecule has 0 saturated heterocycles. The Hall–Kier alpha value is -1.43. The van der Waals surface area contributed by atoms with Crippen molar-refractivity contribution in [3.8, 4) is 0 Å². The quantitative estimate of drug-likeness (QED) is 0.407. The fourth-order valence-electron chi connectivity index (χ4n) is 0.504. The molecule has 0 fully saturated rings.